The third kappa shape index (κ3) is 1.89. The molecule has 4 nitrogen and oxygen atoms in total. The van der Waals surface area contributed by atoms with Gasteiger partial charge >= 0.3 is 0 Å². The lowest BCUT2D eigenvalue weighted by Gasteiger charge is -2.15. The van der Waals surface area contributed by atoms with E-state index in [0.29, 0.717) is 11.4 Å². The molecule has 2 aliphatic rings. The second-order valence-corrected chi connectivity index (χ2v) is 5.11. The van der Waals surface area contributed by atoms with Gasteiger partial charge in [-0.25, -0.2) is 4.98 Å². The first-order valence-electron chi connectivity index (χ1n) is 6.00. The molecular weight excluding hydrogens is 202 g/mol. The second kappa shape index (κ2) is 3.42. The fraction of sp³-hybridized carbons (Fsp3) is 0.667. The minimum absolute atomic E-state index is 0.0550. The predicted octanol–water partition coefficient (Wildman–Crippen LogP) is 1.11. The summed E-state index contributed by atoms with van der Waals surface area (Å²) in [5, 5.41) is 3.59. The average molecular weight is 219 g/mol. The van der Waals surface area contributed by atoms with Gasteiger partial charge < -0.3 is 10.3 Å². The Morgan fingerprint density at radius 2 is 2.31 bits per heavy atom. The average Bonchev–Trinajstić information content (AvgIpc) is 3.07. The van der Waals surface area contributed by atoms with E-state index < -0.39 is 0 Å². The molecule has 1 heterocycles. The highest BCUT2D eigenvalue weighted by molar-refractivity contribution is 5.13. The van der Waals surface area contributed by atoms with Gasteiger partial charge in [0.25, 0.3) is 5.56 Å². The summed E-state index contributed by atoms with van der Waals surface area (Å²) in [5.41, 5.74) is 1.20. The monoisotopic (exact) mass is 219 g/mol. The molecule has 2 fully saturated rings. The van der Waals surface area contributed by atoms with Crippen LogP contribution in [0.15, 0.2) is 10.9 Å². The van der Waals surface area contributed by atoms with E-state index in [-0.39, 0.29) is 5.56 Å². The summed E-state index contributed by atoms with van der Waals surface area (Å²) in [5.74, 6) is 1.58. The van der Waals surface area contributed by atoms with Gasteiger partial charge in [-0.1, -0.05) is 0 Å². The van der Waals surface area contributed by atoms with Crippen molar-refractivity contribution in [3.63, 3.8) is 0 Å². The van der Waals surface area contributed by atoms with E-state index in [4.69, 9.17) is 0 Å². The van der Waals surface area contributed by atoms with Crippen LogP contribution in [0.1, 0.15) is 37.2 Å². The van der Waals surface area contributed by atoms with Gasteiger partial charge in [-0.3, -0.25) is 4.79 Å². The Balaban J connectivity index is 1.68. The molecule has 4 heteroatoms. The highest BCUT2D eigenvalue weighted by atomic mass is 16.1. The molecule has 3 rings (SSSR count). The van der Waals surface area contributed by atoms with E-state index >= 15 is 0 Å². The maximum Gasteiger partial charge on any atom is 0.251 e. The van der Waals surface area contributed by atoms with E-state index in [2.05, 4.69) is 15.3 Å². The highest BCUT2D eigenvalue weighted by Crippen LogP contribution is 2.53. The molecular formula is C12H17N3O. The number of H-pyrrole nitrogens is 1. The first kappa shape index (κ1) is 10.0. The lowest BCUT2D eigenvalue weighted by molar-refractivity contribution is 0.440. The number of nitrogens with one attached hydrogen (secondary N) is 2. The van der Waals surface area contributed by atoms with Gasteiger partial charge in [0.15, 0.2) is 0 Å². The molecule has 0 aliphatic heterocycles. The minimum atomic E-state index is -0.0550. The molecule has 0 amide bonds. The summed E-state index contributed by atoms with van der Waals surface area (Å²) < 4.78 is 0. The molecule has 1 aromatic rings. The zero-order chi connectivity index (χ0) is 11.2. The normalized spacial score (nSPS) is 22.1. The zero-order valence-corrected chi connectivity index (χ0v) is 9.55. The summed E-state index contributed by atoms with van der Waals surface area (Å²) in [6.07, 6.45) is 5.32. The van der Waals surface area contributed by atoms with Crippen LogP contribution in [0.25, 0.3) is 0 Å². The fourth-order valence-electron chi connectivity index (χ4n) is 2.50. The first-order valence-corrected chi connectivity index (χ1v) is 6.00. The summed E-state index contributed by atoms with van der Waals surface area (Å²) >= 11 is 0. The van der Waals surface area contributed by atoms with Crippen LogP contribution in [0.2, 0.25) is 0 Å². The van der Waals surface area contributed by atoms with E-state index in [1.54, 1.807) is 6.07 Å². The summed E-state index contributed by atoms with van der Waals surface area (Å²) in [6, 6.07) is 1.59. The van der Waals surface area contributed by atoms with Crippen molar-refractivity contribution in [2.45, 2.75) is 44.7 Å². The summed E-state index contributed by atoms with van der Waals surface area (Å²) in [6.45, 7) is 2.54. The van der Waals surface area contributed by atoms with Crippen LogP contribution < -0.4 is 10.9 Å². The molecule has 0 spiro atoms. The molecule has 16 heavy (non-hydrogen) atoms. The Kier molecular flexibility index (Phi) is 2.14. The fourth-order valence-corrected chi connectivity index (χ4v) is 2.50. The lowest BCUT2D eigenvalue weighted by atomic mass is 10.1. The Hall–Kier alpha value is -1.16. The van der Waals surface area contributed by atoms with E-state index in [9.17, 15) is 4.79 Å². The van der Waals surface area contributed by atoms with Gasteiger partial charge in [0.05, 0.1) is 5.69 Å². The number of aromatic amines is 1. The Morgan fingerprint density at radius 3 is 2.88 bits per heavy atom. The summed E-state index contributed by atoms with van der Waals surface area (Å²) in [4.78, 5) is 18.3. The van der Waals surface area contributed by atoms with Crippen molar-refractivity contribution in [2.24, 2.45) is 5.92 Å². The van der Waals surface area contributed by atoms with Crippen molar-refractivity contribution in [3.05, 3.63) is 27.9 Å². The van der Waals surface area contributed by atoms with Crippen molar-refractivity contribution in [1.29, 1.82) is 0 Å². The zero-order valence-electron chi connectivity index (χ0n) is 9.55. The molecule has 0 bridgehead atoms. The molecule has 86 valence electrons. The molecule has 0 radical (unpaired) electrons. The largest absolute Gasteiger partial charge is 0.311 e. The molecule has 0 aromatic carbocycles. The topological polar surface area (TPSA) is 57.8 Å². The van der Waals surface area contributed by atoms with Crippen molar-refractivity contribution >= 4 is 0 Å². The third-order valence-corrected chi connectivity index (χ3v) is 3.68. The third-order valence-electron chi connectivity index (χ3n) is 3.68. The first-order chi connectivity index (χ1) is 7.68. The van der Waals surface area contributed by atoms with Gasteiger partial charge in [0.1, 0.15) is 5.82 Å². The number of hydrogen-bond acceptors (Lipinski definition) is 3. The smallest absolute Gasteiger partial charge is 0.251 e. The van der Waals surface area contributed by atoms with E-state index in [0.717, 1.165) is 18.2 Å². The standard InChI is InChI=1S/C12H17N3O/c1-8-14-10(6-11(16)15-8)7-13-12(4-5-12)9-2-3-9/h6,9,13H,2-5,7H2,1H3,(H,14,15,16). The van der Waals surface area contributed by atoms with Gasteiger partial charge in [0, 0.05) is 18.2 Å². The van der Waals surface area contributed by atoms with Gasteiger partial charge in [0.2, 0.25) is 0 Å². The van der Waals surface area contributed by atoms with Crippen molar-refractivity contribution in [3.8, 4) is 0 Å². The Morgan fingerprint density at radius 1 is 1.56 bits per heavy atom. The van der Waals surface area contributed by atoms with Crippen molar-refractivity contribution in [1.82, 2.24) is 15.3 Å². The molecule has 2 saturated carbocycles. The maximum absolute atomic E-state index is 11.3. The molecule has 2 N–H and O–H groups in total. The van der Waals surface area contributed by atoms with Crippen LogP contribution in [0.3, 0.4) is 0 Å². The molecule has 0 atom stereocenters. The second-order valence-electron chi connectivity index (χ2n) is 5.11. The number of hydrogen-bond donors (Lipinski definition) is 2. The number of aryl methyl sites for hydroxylation is 1. The van der Waals surface area contributed by atoms with Gasteiger partial charge in [-0.15, -0.1) is 0 Å². The van der Waals surface area contributed by atoms with Crippen LogP contribution in [-0.2, 0) is 6.54 Å². The highest BCUT2D eigenvalue weighted by Gasteiger charge is 2.53. The van der Waals surface area contributed by atoms with Crippen LogP contribution in [-0.4, -0.2) is 15.5 Å². The number of aromatic nitrogens is 2. The van der Waals surface area contributed by atoms with Crippen molar-refractivity contribution in [2.75, 3.05) is 0 Å². The lowest BCUT2D eigenvalue weighted by Crippen LogP contribution is -2.33. The number of rotatable bonds is 4. The molecule has 0 saturated heterocycles. The predicted molar refractivity (Wildman–Crippen MR) is 61.1 cm³/mol. The Bertz CT molecular complexity index is 458. The minimum Gasteiger partial charge on any atom is -0.311 e. The maximum atomic E-state index is 11.3. The SMILES string of the molecule is Cc1nc(CNC2(C3CC3)CC2)cc(=O)[nH]1. The van der Waals surface area contributed by atoms with Gasteiger partial charge in [-0.2, -0.15) is 0 Å². The molecule has 2 aliphatic carbocycles. The van der Waals surface area contributed by atoms with E-state index in [1.807, 2.05) is 6.92 Å². The molecule has 1 aromatic heterocycles. The van der Waals surface area contributed by atoms with Crippen LogP contribution >= 0.6 is 0 Å². The van der Waals surface area contributed by atoms with Crippen LogP contribution in [0.5, 0.6) is 0 Å². The number of nitrogens with zero attached hydrogens (tertiary/aromatic N) is 1. The summed E-state index contributed by atoms with van der Waals surface area (Å²) in [7, 11) is 0. The van der Waals surface area contributed by atoms with Crippen LogP contribution in [0.4, 0.5) is 0 Å². The quantitative estimate of drug-likeness (QED) is 0.797. The van der Waals surface area contributed by atoms with Crippen molar-refractivity contribution < 1.29 is 0 Å². The van der Waals surface area contributed by atoms with Crippen LogP contribution in [0, 0.1) is 12.8 Å². The van der Waals surface area contributed by atoms with E-state index in [1.165, 1.54) is 25.7 Å². The Labute approximate surface area is 94.5 Å². The molecule has 0 unspecified atom stereocenters. The van der Waals surface area contributed by atoms with Gasteiger partial charge in [-0.05, 0) is 38.5 Å².